The Morgan fingerprint density at radius 2 is 2.11 bits per heavy atom. The Hall–Kier alpha value is -2.26. The molecule has 146 valence electrons. The summed E-state index contributed by atoms with van der Waals surface area (Å²) in [5.74, 6) is 1.84. The molecule has 0 spiro atoms. The topological polar surface area (TPSA) is 92.3 Å². The van der Waals surface area contributed by atoms with E-state index in [9.17, 15) is 9.90 Å². The van der Waals surface area contributed by atoms with Crippen LogP contribution in [-0.2, 0) is 24.4 Å². The maximum atomic E-state index is 12.6. The number of aliphatic hydroxyl groups is 1. The summed E-state index contributed by atoms with van der Waals surface area (Å²) in [6, 6.07) is 2.11. The molecule has 0 bridgehead atoms. The maximum absolute atomic E-state index is 12.6. The second kappa shape index (κ2) is 7.05. The number of aryl methyl sites for hydroxylation is 3. The predicted octanol–water partition coefficient (Wildman–Crippen LogP) is 0.261. The lowest BCUT2D eigenvalue weighted by molar-refractivity contribution is -0.133. The molecule has 0 saturated carbocycles. The van der Waals surface area contributed by atoms with Crippen molar-refractivity contribution in [2.75, 3.05) is 20.1 Å². The van der Waals surface area contributed by atoms with E-state index in [1.54, 1.807) is 0 Å². The van der Waals surface area contributed by atoms with Crippen molar-refractivity contribution in [3.63, 3.8) is 0 Å². The summed E-state index contributed by atoms with van der Waals surface area (Å²) in [5.41, 5.74) is 2.05. The molecule has 0 unspecified atom stereocenters. The predicted molar refractivity (Wildman–Crippen MR) is 97.8 cm³/mol. The van der Waals surface area contributed by atoms with Gasteiger partial charge in [-0.05, 0) is 33.4 Å². The van der Waals surface area contributed by atoms with Crippen LogP contribution in [0.15, 0.2) is 6.07 Å². The number of nitrogens with zero attached hydrogens (tertiary/aromatic N) is 7. The smallest absolute Gasteiger partial charge is 0.224 e. The van der Waals surface area contributed by atoms with Gasteiger partial charge < -0.3 is 14.6 Å². The molecule has 9 heteroatoms. The molecule has 4 rings (SSSR count). The SMILES string of the molecule is Cc1cc(C)n(CCC(=O)N2CCn3c(nnc3[C@@H]3C[C@@H](O)CN3C)C2)n1. The molecule has 2 aromatic rings. The van der Waals surface area contributed by atoms with Crippen molar-refractivity contribution in [2.45, 2.75) is 58.5 Å². The van der Waals surface area contributed by atoms with Crippen molar-refractivity contribution in [3.05, 3.63) is 29.1 Å². The molecule has 0 radical (unpaired) electrons. The highest BCUT2D eigenvalue weighted by atomic mass is 16.3. The van der Waals surface area contributed by atoms with Gasteiger partial charge in [-0.3, -0.25) is 14.4 Å². The lowest BCUT2D eigenvalue weighted by atomic mass is 10.2. The normalized spacial score (nSPS) is 23.0. The molecule has 1 N–H and O–H groups in total. The highest BCUT2D eigenvalue weighted by Crippen LogP contribution is 2.30. The van der Waals surface area contributed by atoms with E-state index in [0.29, 0.717) is 45.6 Å². The van der Waals surface area contributed by atoms with Crippen molar-refractivity contribution in [1.29, 1.82) is 0 Å². The van der Waals surface area contributed by atoms with E-state index in [0.717, 1.165) is 23.0 Å². The van der Waals surface area contributed by atoms with Crippen molar-refractivity contribution in [1.82, 2.24) is 34.3 Å². The van der Waals surface area contributed by atoms with Gasteiger partial charge in [-0.1, -0.05) is 0 Å². The fraction of sp³-hybridized carbons (Fsp3) is 0.667. The van der Waals surface area contributed by atoms with Gasteiger partial charge in [0.05, 0.1) is 24.4 Å². The number of hydrogen-bond donors (Lipinski definition) is 1. The molecule has 9 nitrogen and oxygen atoms in total. The van der Waals surface area contributed by atoms with E-state index in [1.807, 2.05) is 36.5 Å². The number of β-amino-alcohol motifs (C(OH)–C–C–N with tert-alkyl or cyclic N) is 1. The third kappa shape index (κ3) is 3.49. The van der Waals surface area contributed by atoms with Gasteiger partial charge in [0, 0.05) is 38.3 Å². The van der Waals surface area contributed by atoms with E-state index in [-0.39, 0.29) is 18.1 Å². The summed E-state index contributed by atoms with van der Waals surface area (Å²) in [5, 5.41) is 23.0. The Bertz CT molecular complexity index is 843. The molecule has 1 amide bonds. The van der Waals surface area contributed by atoms with E-state index >= 15 is 0 Å². The number of likely N-dealkylation sites (N-methyl/N-ethyl adjacent to an activating group) is 1. The minimum Gasteiger partial charge on any atom is -0.392 e. The summed E-state index contributed by atoms with van der Waals surface area (Å²) in [6.07, 6.45) is 0.796. The van der Waals surface area contributed by atoms with Crippen molar-refractivity contribution >= 4 is 5.91 Å². The minimum absolute atomic E-state index is 0.0922. The Morgan fingerprint density at radius 1 is 1.30 bits per heavy atom. The number of carbonyl (C=O) groups excluding carboxylic acids is 1. The van der Waals surface area contributed by atoms with Crippen LogP contribution in [0, 0.1) is 13.8 Å². The summed E-state index contributed by atoms with van der Waals surface area (Å²) in [6.45, 7) is 7.06. The fourth-order valence-corrected chi connectivity index (χ4v) is 4.17. The Kier molecular flexibility index (Phi) is 4.73. The molecular formula is C18H27N7O2. The van der Waals surface area contributed by atoms with E-state index < -0.39 is 0 Å². The van der Waals surface area contributed by atoms with Gasteiger partial charge in [0.1, 0.15) is 0 Å². The highest BCUT2D eigenvalue weighted by molar-refractivity contribution is 5.76. The van der Waals surface area contributed by atoms with Crippen LogP contribution in [0.5, 0.6) is 0 Å². The lowest BCUT2D eigenvalue weighted by Crippen LogP contribution is -2.39. The van der Waals surface area contributed by atoms with Crippen LogP contribution in [0.25, 0.3) is 0 Å². The molecule has 27 heavy (non-hydrogen) atoms. The van der Waals surface area contributed by atoms with Gasteiger partial charge in [0.2, 0.25) is 5.91 Å². The Balaban J connectivity index is 1.40. The number of amides is 1. The second-order valence-corrected chi connectivity index (χ2v) is 7.69. The third-order valence-electron chi connectivity index (χ3n) is 5.60. The molecule has 0 aromatic carbocycles. The van der Waals surface area contributed by atoms with Gasteiger partial charge in [-0.25, -0.2) is 0 Å². The molecule has 1 saturated heterocycles. The van der Waals surface area contributed by atoms with Crippen LogP contribution in [-0.4, -0.2) is 71.6 Å². The van der Waals surface area contributed by atoms with Crippen molar-refractivity contribution in [2.24, 2.45) is 0 Å². The number of aromatic nitrogens is 5. The summed E-state index contributed by atoms with van der Waals surface area (Å²) in [4.78, 5) is 16.6. The molecule has 2 aliphatic rings. The van der Waals surface area contributed by atoms with Gasteiger partial charge >= 0.3 is 0 Å². The van der Waals surface area contributed by atoms with Gasteiger partial charge in [0.15, 0.2) is 11.6 Å². The molecule has 0 aliphatic carbocycles. The molecule has 4 heterocycles. The number of hydrogen-bond acceptors (Lipinski definition) is 6. The van der Waals surface area contributed by atoms with Gasteiger partial charge in [-0.2, -0.15) is 5.10 Å². The van der Waals surface area contributed by atoms with Crippen LogP contribution < -0.4 is 0 Å². The van der Waals surface area contributed by atoms with E-state index in [1.165, 1.54) is 0 Å². The van der Waals surface area contributed by atoms with E-state index in [2.05, 4.69) is 24.8 Å². The van der Waals surface area contributed by atoms with Crippen LogP contribution >= 0.6 is 0 Å². The zero-order valence-corrected chi connectivity index (χ0v) is 16.2. The summed E-state index contributed by atoms with van der Waals surface area (Å²) in [7, 11) is 2.00. The fourth-order valence-electron chi connectivity index (χ4n) is 4.17. The molecular weight excluding hydrogens is 346 g/mol. The quantitative estimate of drug-likeness (QED) is 0.827. The largest absolute Gasteiger partial charge is 0.392 e. The molecule has 1 fully saturated rings. The Labute approximate surface area is 158 Å². The first-order valence-corrected chi connectivity index (χ1v) is 9.51. The Morgan fingerprint density at radius 3 is 2.78 bits per heavy atom. The van der Waals surface area contributed by atoms with Gasteiger partial charge in [-0.15, -0.1) is 10.2 Å². The van der Waals surface area contributed by atoms with Crippen LogP contribution in [0.3, 0.4) is 0 Å². The molecule has 2 aromatic heterocycles. The maximum Gasteiger partial charge on any atom is 0.224 e. The lowest BCUT2D eigenvalue weighted by Gasteiger charge is -2.29. The van der Waals surface area contributed by atoms with Crippen molar-refractivity contribution in [3.8, 4) is 0 Å². The second-order valence-electron chi connectivity index (χ2n) is 7.69. The molecule has 2 atom stereocenters. The highest BCUT2D eigenvalue weighted by Gasteiger charge is 2.35. The first kappa shape index (κ1) is 18.1. The number of likely N-dealkylation sites (tertiary alicyclic amines) is 1. The number of aliphatic hydroxyl groups excluding tert-OH is 1. The van der Waals surface area contributed by atoms with Crippen LogP contribution in [0.4, 0.5) is 0 Å². The average Bonchev–Trinajstić information content (AvgIpc) is 3.28. The minimum atomic E-state index is -0.316. The summed E-state index contributed by atoms with van der Waals surface area (Å²) >= 11 is 0. The average molecular weight is 373 g/mol. The van der Waals surface area contributed by atoms with Crippen LogP contribution in [0.1, 0.15) is 41.9 Å². The van der Waals surface area contributed by atoms with Gasteiger partial charge in [0.25, 0.3) is 0 Å². The number of rotatable bonds is 4. The summed E-state index contributed by atoms with van der Waals surface area (Å²) < 4.78 is 4.00. The first-order valence-electron chi connectivity index (χ1n) is 9.51. The van der Waals surface area contributed by atoms with Crippen LogP contribution in [0.2, 0.25) is 0 Å². The zero-order chi connectivity index (χ0) is 19.1. The number of carbonyl (C=O) groups is 1. The first-order chi connectivity index (χ1) is 12.9. The monoisotopic (exact) mass is 373 g/mol. The standard InChI is InChI=1S/C18H27N7O2/c1-12-8-13(2)25(21-12)5-4-17(27)23-6-7-24-16(11-23)19-20-18(24)15-9-14(26)10-22(15)3/h8,14-15,26H,4-7,9-11H2,1-3H3/t14-,15+/m1/s1. The molecule has 2 aliphatic heterocycles. The third-order valence-corrected chi connectivity index (χ3v) is 5.60. The van der Waals surface area contributed by atoms with E-state index in [4.69, 9.17) is 0 Å². The van der Waals surface area contributed by atoms with Crippen molar-refractivity contribution < 1.29 is 9.90 Å². The number of fused-ring (bicyclic) bond motifs is 1. The zero-order valence-electron chi connectivity index (χ0n) is 16.2.